The maximum absolute atomic E-state index is 9.39. The van der Waals surface area contributed by atoms with Crippen LogP contribution in [0.5, 0.6) is 11.5 Å². The number of benzene rings is 2. The average molecular weight is 299 g/mol. The summed E-state index contributed by atoms with van der Waals surface area (Å²) < 4.78 is 0. The van der Waals surface area contributed by atoms with Crippen LogP contribution in [0.2, 0.25) is 5.15 Å². The van der Waals surface area contributed by atoms with Crippen molar-refractivity contribution in [2.45, 2.75) is 0 Å². The van der Waals surface area contributed by atoms with Crippen LogP contribution in [0.4, 0.5) is 0 Å². The molecule has 0 aliphatic heterocycles. The normalized spacial score (nSPS) is 10.5. The zero-order chi connectivity index (χ0) is 14.8. The summed E-state index contributed by atoms with van der Waals surface area (Å²) in [5.41, 5.74) is 3.15. The summed E-state index contributed by atoms with van der Waals surface area (Å²) >= 11 is 5.95. The highest BCUT2D eigenvalue weighted by molar-refractivity contribution is 6.29. The highest BCUT2D eigenvalue weighted by atomic mass is 35.5. The van der Waals surface area contributed by atoms with E-state index in [1.54, 1.807) is 54.6 Å². The molecule has 3 rings (SSSR count). The van der Waals surface area contributed by atoms with Crippen LogP contribution >= 0.6 is 11.6 Å². The molecule has 0 saturated heterocycles. The van der Waals surface area contributed by atoms with Gasteiger partial charge in [0.2, 0.25) is 0 Å². The number of halogens is 1. The second kappa shape index (κ2) is 5.42. The van der Waals surface area contributed by atoms with E-state index in [-0.39, 0.29) is 11.5 Å². The predicted molar refractivity (Wildman–Crippen MR) is 81.2 cm³/mol. The van der Waals surface area contributed by atoms with Crippen LogP contribution in [-0.2, 0) is 0 Å². The largest absolute Gasteiger partial charge is 0.508 e. The van der Waals surface area contributed by atoms with Gasteiger partial charge in [0.1, 0.15) is 17.2 Å². The van der Waals surface area contributed by atoms with E-state index in [0.29, 0.717) is 10.8 Å². The van der Waals surface area contributed by atoms with Crippen LogP contribution in [0.3, 0.4) is 0 Å². The molecule has 21 heavy (non-hydrogen) atoms. The maximum atomic E-state index is 9.39. The van der Waals surface area contributed by atoms with Crippen molar-refractivity contribution < 1.29 is 10.2 Å². The second-order valence-electron chi connectivity index (χ2n) is 4.52. The van der Waals surface area contributed by atoms with Gasteiger partial charge in [-0.1, -0.05) is 23.7 Å². The molecule has 3 aromatic rings. The Morgan fingerprint density at radius 1 is 0.714 bits per heavy atom. The van der Waals surface area contributed by atoms with Crippen molar-refractivity contribution in [2.24, 2.45) is 0 Å². The van der Waals surface area contributed by atoms with Gasteiger partial charge >= 0.3 is 0 Å². The Labute approximate surface area is 126 Å². The van der Waals surface area contributed by atoms with Crippen LogP contribution in [0.1, 0.15) is 0 Å². The molecule has 0 atom stereocenters. The van der Waals surface area contributed by atoms with Crippen LogP contribution in [-0.4, -0.2) is 20.4 Å². The van der Waals surface area contributed by atoms with Gasteiger partial charge in [-0.05, 0) is 48.0 Å². The lowest BCUT2D eigenvalue weighted by atomic mass is 10.00. The molecule has 0 unspecified atom stereocenters. The Morgan fingerprint density at radius 2 is 1.24 bits per heavy atom. The number of rotatable bonds is 2. The molecule has 5 heteroatoms. The van der Waals surface area contributed by atoms with Gasteiger partial charge in [-0.25, -0.2) is 0 Å². The summed E-state index contributed by atoms with van der Waals surface area (Å²) in [6.45, 7) is 0. The quantitative estimate of drug-likeness (QED) is 0.753. The van der Waals surface area contributed by atoms with Gasteiger partial charge in [0, 0.05) is 11.1 Å². The molecule has 0 aliphatic rings. The fourth-order valence-corrected chi connectivity index (χ4v) is 2.21. The minimum absolute atomic E-state index is 0.187. The third kappa shape index (κ3) is 2.80. The number of aromatic hydroxyl groups is 2. The summed E-state index contributed by atoms with van der Waals surface area (Å²) in [7, 11) is 0. The summed E-state index contributed by atoms with van der Waals surface area (Å²) in [5, 5.41) is 27.1. The highest BCUT2D eigenvalue weighted by Gasteiger charge is 2.11. The minimum Gasteiger partial charge on any atom is -0.508 e. The molecule has 0 amide bonds. The van der Waals surface area contributed by atoms with E-state index in [4.69, 9.17) is 11.6 Å². The number of nitrogens with zero attached hydrogens (tertiary/aromatic N) is 2. The Hall–Kier alpha value is -2.59. The molecule has 104 valence electrons. The van der Waals surface area contributed by atoms with Crippen LogP contribution in [0.15, 0.2) is 54.6 Å². The third-order valence-electron chi connectivity index (χ3n) is 3.08. The Kier molecular flexibility index (Phi) is 3.46. The van der Waals surface area contributed by atoms with Crippen LogP contribution in [0, 0.1) is 0 Å². The molecule has 0 saturated carbocycles. The van der Waals surface area contributed by atoms with Gasteiger partial charge in [0.05, 0.1) is 0 Å². The first-order valence-corrected chi connectivity index (χ1v) is 6.63. The summed E-state index contributed by atoms with van der Waals surface area (Å²) in [6, 6.07) is 15.2. The van der Waals surface area contributed by atoms with Crippen molar-refractivity contribution in [2.75, 3.05) is 0 Å². The number of hydrogen-bond acceptors (Lipinski definition) is 4. The third-order valence-corrected chi connectivity index (χ3v) is 3.27. The van der Waals surface area contributed by atoms with Crippen molar-refractivity contribution in [1.29, 1.82) is 0 Å². The lowest BCUT2D eigenvalue weighted by Crippen LogP contribution is -1.93. The summed E-state index contributed by atoms with van der Waals surface area (Å²) in [6.07, 6.45) is 0. The van der Waals surface area contributed by atoms with E-state index in [1.807, 2.05) is 0 Å². The summed E-state index contributed by atoms with van der Waals surface area (Å²) in [4.78, 5) is 0. The molecule has 4 nitrogen and oxygen atoms in total. The molecule has 0 bridgehead atoms. The monoisotopic (exact) mass is 298 g/mol. The molecule has 1 heterocycles. The van der Waals surface area contributed by atoms with Crippen LogP contribution < -0.4 is 0 Å². The standard InChI is InChI=1S/C16H11ClN2O2/c17-15-9-14(10-1-5-12(20)6-2-10)16(19-18-15)11-3-7-13(21)8-4-11/h1-9,20-21H. The first kappa shape index (κ1) is 13.4. The lowest BCUT2D eigenvalue weighted by molar-refractivity contribution is 0.475. The predicted octanol–water partition coefficient (Wildman–Crippen LogP) is 3.88. The van der Waals surface area contributed by atoms with Crippen molar-refractivity contribution >= 4 is 11.6 Å². The molecular weight excluding hydrogens is 288 g/mol. The van der Waals surface area contributed by atoms with Gasteiger partial charge in [0.25, 0.3) is 0 Å². The van der Waals surface area contributed by atoms with Gasteiger partial charge in [-0.2, -0.15) is 0 Å². The molecule has 0 radical (unpaired) electrons. The topological polar surface area (TPSA) is 66.2 Å². The zero-order valence-corrected chi connectivity index (χ0v) is 11.6. The van der Waals surface area contributed by atoms with Gasteiger partial charge in [0.15, 0.2) is 5.15 Å². The Bertz CT molecular complexity index is 771. The summed E-state index contributed by atoms with van der Waals surface area (Å²) in [5.74, 6) is 0.380. The van der Waals surface area contributed by atoms with Crippen molar-refractivity contribution in [1.82, 2.24) is 10.2 Å². The number of aromatic nitrogens is 2. The fraction of sp³-hybridized carbons (Fsp3) is 0. The molecule has 0 spiro atoms. The van der Waals surface area contributed by atoms with Crippen LogP contribution in [0.25, 0.3) is 22.4 Å². The van der Waals surface area contributed by atoms with Gasteiger partial charge in [-0.3, -0.25) is 0 Å². The average Bonchev–Trinajstić information content (AvgIpc) is 2.49. The van der Waals surface area contributed by atoms with E-state index >= 15 is 0 Å². The fourth-order valence-electron chi connectivity index (χ4n) is 2.06. The van der Waals surface area contributed by atoms with E-state index in [2.05, 4.69) is 10.2 Å². The van der Waals surface area contributed by atoms with E-state index in [0.717, 1.165) is 16.7 Å². The SMILES string of the molecule is Oc1ccc(-c2cc(Cl)nnc2-c2ccc(O)cc2)cc1. The molecular formula is C16H11ClN2O2. The van der Waals surface area contributed by atoms with E-state index in [1.165, 1.54) is 0 Å². The molecule has 0 aliphatic carbocycles. The minimum atomic E-state index is 0.187. The van der Waals surface area contributed by atoms with Crippen molar-refractivity contribution in [3.05, 3.63) is 59.8 Å². The first-order chi connectivity index (χ1) is 10.1. The smallest absolute Gasteiger partial charge is 0.152 e. The number of hydrogen-bond donors (Lipinski definition) is 2. The van der Waals surface area contributed by atoms with E-state index in [9.17, 15) is 10.2 Å². The van der Waals surface area contributed by atoms with Gasteiger partial charge < -0.3 is 10.2 Å². The van der Waals surface area contributed by atoms with Crippen molar-refractivity contribution in [3.63, 3.8) is 0 Å². The van der Waals surface area contributed by atoms with Gasteiger partial charge in [-0.15, -0.1) is 10.2 Å². The Balaban J connectivity index is 2.17. The lowest BCUT2D eigenvalue weighted by Gasteiger charge is -2.09. The molecule has 2 N–H and O–H groups in total. The number of phenols is 2. The van der Waals surface area contributed by atoms with E-state index < -0.39 is 0 Å². The maximum Gasteiger partial charge on any atom is 0.152 e. The molecule has 0 fully saturated rings. The zero-order valence-electron chi connectivity index (χ0n) is 10.9. The highest BCUT2D eigenvalue weighted by Crippen LogP contribution is 2.32. The first-order valence-electron chi connectivity index (χ1n) is 6.25. The number of phenolic OH excluding ortho intramolecular Hbond substituents is 2. The Morgan fingerprint density at radius 3 is 1.81 bits per heavy atom. The van der Waals surface area contributed by atoms with Crippen molar-refractivity contribution in [3.8, 4) is 33.9 Å². The second-order valence-corrected chi connectivity index (χ2v) is 4.91. The molecule has 1 aromatic heterocycles. The molecule has 2 aromatic carbocycles.